The molecule has 0 saturated heterocycles. The van der Waals surface area contributed by atoms with Crippen LogP contribution in [-0.2, 0) is 4.79 Å². The summed E-state index contributed by atoms with van der Waals surface area (Å²) in [5, 5.41) is -0.0875. The molecular formula is C12H18N2OS. The fourth-order valence-corrected chi connectivity index (χ4v) is 2.51. The molecule has 0 fully saturated rings. The van der Waals surface area contributed by atoms with Gasteiger partial charge in [-0.15, -0.1) is 11.8 Å². The molecule has 0 aliphatic carbocycles. The van der Waals surface area contributed by atoms with E-state index in [2.05, 4.69) is 0 Å². The van der Waals surface area contributed by atoms with Crippen molar-refractivity contribution in [3.05, 3.63) is 23.8 Å². The van der Waals surface area contributed by atoms with Gasteiger partial charge in [-0.1, -0.05) is 6.07 Å². The normalized spacial score (nSPS) is 12.2. The molecule has 3 nitrogen and oxygen atoms in total. The van der Waals surface area contributed by atoms with Crippen LogP contribution in [0.4, 0.5) is 5.69 Å². The van der Waals surface area contributed by atoms with Crippen molar-refractivity contribution in [2.45, 2.75) is 24.0 Å². The summed E-state index contributed by atoms with van der Waals surface area (Å²) in [6.07, 6.45) is 0. The first-order valence-corrected chi connectivity index (χ1v) is 6.04. The minimum absolute atomic E-state index is 0.0875. The number of nitrogens with zero attached hydrogens (tertiary/aromatic N) is 1. The largest absolute Gasteiger partial charge is 0.398 e. The molecule has 16 heavy (non-hydrogen) atoms. The fourth-order valence-electron chi connectivity index (χ4n) is 1.36. The number of benzene rings is 1. The molecule has 0 aromatic heterocycles. The molecule has 1 aromatic carbocycles. The summed E-state index contributed by atoms with van der Waals surface area (Å²) >= 11 is 1.55. The van der Waals surface area contributed by atoms with Gasteiger partial charge in [-0.2, -0.15) is 0 Å². The fraction of sp³-hybridized carbons (Fsp3) is 0.417. The Morgan fingerprint density at radius 1 is 1.44 bits per heavy atom. The van der Waals surface area contributed by atoms with Crippen LogP contribution in [0.2, 0.25) is 0 Å². The number of carbonyl (C=O) groups excluding carboxylic acids is 1. The van der Waals surface area contributed by atoms with Gasteiger partial charge in [-0.3, -0.25) is 4.79 Å². The smallest absolute Gasteiger partial charge is 0.235 e. The molecule has 0 saturated carbocycles. The Kier molecular flexibility index (Phi) is 4.24. The number of anilines is 1. The van der Waals surface area contributed by atoms with Crippen molar-refractivity contribution in [2.24, 2.45) is 0 Å². The van der Waals surface area contributed by atoms with Crippen LogP contribution >= 0.6 is 11.8 Å². The van der Waals surface area contributed by atoms with Crippen LogP contribution in [0.15, 0.2) is 23.1 Å². The van der Waals surface area contributed by atoms with Crippen LogP contribution < -0.4 is 5.73 Å². The maximum atomic E-state index is 11.7. The first-order chi connectivity index (χ1) is 7.43. The molecule has 0 aliphatic heterocycles. The van der Waals surface area contributed by atoms with Crippen LogP contribution in [0.1, 0.15) is 12.5 Å². The second-order valence-corrected chi connectivity index (χ2v) is 5.35. The summed E-state index contributed by atoms with van der Waals surface area (Å²) in [6.45, 7) is 3.89. The Morgan fingerprint density at radius 2 is 2.06 bits per heavy atom. The summed E-state index contributed by atoms with van der Waals surface area (Å²) in [5.41, 5.74) is 7.64. The van der Waals surface area contributed by atoms with E-state index in [9.17, 15) is 4.79 Å². The van der Waals surface area contributed by atoms with Gasteiger partial charge in [-0.05, 0) is 31.5 Å². The molecular weight excluding hydrogens is 220 g/mol. The molecule has 0 spiro atoms. The van der Waals surface area contributed by atoms with E-state index >= 15 is 0 Å². The second kappa shape index (κ2) is 5.25. The molecule has 88 valence electrons. The lowest BCUT2D eigenvalue weighted by molar-refractivity contribution is -0.127. The van der Waals surface area contributed by atoms with Crippen molar-refractivity contribution in [3.63, 3.8) is 0 Å². The van der Waals surface area contributed by atoms with Crippen molar-refractivity contribution in [2.75, 3.05) is 19.8 Å². The highest BCUT2D eigenvalue weighted by atomic mass is 32.2. The van der Waals surface area contributed by atoms with E-state index in [1.807, 2.05) is 32.0 Å². The molecule has 0 heterocycles. The quantitative estimate of drug-likeness (QED) is 0.648. The van der Waals surface area contributed by atoms with Gasteiger partial charge in [0, 0.05) is 24.7 Å². The van der Waals surface area contributed by atoms with Crippen LogP contribution in [0, 0.1) is 6.92 Å². The lowest BCUT2D eigenvalue weighted by atomic mass is 10.2. The number of amides is 1. The third-order valence-corrected chi connectivity index (χ3v) is 3.67. The third-order valence-electron chi connectivity index (χ3n) is 2.42. The number of nitrogens with two attached hydrogens (primary N) is 1. The first kappa shape index (κ1) is 12.9. The monoisotopic (exact) mass is 238 g/mol. The zero-order valence-corrected chi connectivity index (χ0v) is 11.0. The highest BCUT2D eigenvalue weighted by Crippen LogP contribution is 2.29. The summed E-state index contributed by atoms with van der Waals surface area (Å²) in [5.74, 6) is 0.117. The molecule has 0 aliphatic rings. The first-order valence-electron chi connectivity index (χ1n) is 5.16. The van der Waals surface area contributed by atoms with Gasteiger partial charge >= 0.3 is 0 Å². The van der Waals surface area contributed by atoms with Crippen molar-refractivity contribution in [1.82, 2.24) is 4.90 Å². The van der Waals surface area contributed by atoms with E-state index in [1.54, 1.807) is 30.8 Å². The van der Waals surface area contributed by atoms with Gasteiger partial charge in [0.1, 0.15) is 0 Å². The van der Waals surface area contributed by atoms with Crippen LogP contribution in [-0.4, -0.2) is 30.2 Å². The van der Waals surface area contributed by atoms with Crippen LogP contribution in [0.25, 0.3) is 0 Å². The molecule has 2 N–H and O–H groups in total. The molecule has 0 bridgehead atoms. The summed E-state index contributed by atoms with van der Waals surface area (Å²) in [7, 11) is 3.54. The van der Waals surface area contributed by atoms with Gasteiger partial charge in [0.15, 0.2) is 0 Å². The number of hydrogen-bond donors (Lipinski definition) is 1. The van der Waals surface area contributed by atoms with Gasteiger partial charge in [0.25, 0.3) is 0 Å². The van der Waals surface area contributed by atoms with E-state index in [0.717, 1.165) is 16.1 Å². The summed E-state index contributed by atoms with van der Waals surface area (Å²) < 4.78 is 0. The van der Waals surface area contributed by atoms with E-state index in [4.69, 9.17) is 5.73 Å². The summed E-state index contributed by atoms with van der Waals surface area (Å²) in [6, 6.07) is 5.78. The zero-order chi connectivity index (χ0) is 12.3. The molecule has 1 aromatic rings. The Hall–Kier alpha value is -1.16. The number of nitrogen functional groups attached to an aromatic ring is 1. The van der Waals surface area contributed by atoms with E-state index in [1.165, 1.54) is 0 Å². The molecule has 0 radical (unpaired) electrons. The standard InChI is InChI=1S/C12H18N2OS/c1-8-10(13)6-5-7-11(8)16-9(2)12(15)14(3)4/h5-7,9H,13H2,1-4H3. The van der Waals surface area contributed by atoms with Crippen molar-refractivity contribution >= 4 is 23.4 Å². The minimum Gasteiger partial charge on any atom is -0.398 e. The molecule has 1 atom stereocenters. The van der Waals surface area contributed by atoms with Gasteiger partial charge < -0.3 is 10.6 Å². The third kappa shape index (κ3) is 2.92. The van der Waals surface area contributed by atoms with Crippen molar-refractivity contribution in [3.8, 4) is 0 Å². The molecule has 1 amide bonds. The van der Waals surface area contributed by atoms with E-state index in [-0.39, 0.29) is 11.2 Å². The van der Waals surface area contributed by atoms with E-state index in [0.29, 0.717) is 0 Å². The average Bonchev–Trinajstić information content (AvgIpc) is 2.23. The minimum atomic E-state index is -0.0875. The average molecular weight is 238 g/mol. The van der Waals surface area contributed by atoms with E-state index < -0.39 is 0 Å². The number of rotatable bonds is 3. The predicted molar refractivity (Wildman–Crippen MR) is 69.6 cm³/mol. The Labute approximate surface area is 101 Å². The number of thioether (sulfide) groups is 1. The van der Waals surface area contributed by atoms with Crippen molar-refractivity contribution in [1.29, 1.82) is 0 Å². The molecule has 4 heteroatoms. The number of hydrogen-bond acceptors (Lipinski definition) is 3. The number of carbonyl (C=O) groups is 1. The van der Waals surface area contributed by atoms with Gasteiger partial charge in [-0.25, -0.2) is 0 Å². The Bertz CT molecular complexity index is 391. The Morgan fingerprint density at radius 3 is 2.62 bits per heavy atom. The topological polar surface area (TPSA) is 46.3 Å². The lowest BCUT2D eigenvalue weighted by Crippen LogP contribution is -2.29. The SMILES string of the molecule is Cc1c(N)cccc1SC(C)C(=O)N(C)C. The lowest BCUT2D eigenvalue weighted by Gasteiger charge is -2.17. The molecule has 1 unspecified atom stereocenters. The van der Waals surface area contributed by atoms with Crippen molar-refractivity contribution < 1.29 is 4.79 Å². The summed E-state index contributed by atoms with van der Waals surface area (Å²) in [4.78, 5) is 14.4. The maximum absolute atomic E-state index is 11.7. The maximum Gasteiger partial charge on any atom is 0.235 e. The Balaban J connectivity index is 2.81. The van der Waals surface area contributed by atoms with Crippen LogP contribution in [0.5, 0.6) is 0 Å². The highest BCUT2D eigenvalue weighted by Gasteiger charge is 2.17. The predicted octanol–water partition coefficient (Wildman–Crippen LogP) is 2.15. The highest BCUT2D eigenvalue weighted by molar-refractivity contribution is 8.00. The van der Waals surface area contributed by atoms with Crippen LogP contribution in [0.3, 0.4) is 0 Å². The molecule has 1 rings (SSSR count). The van der Waals surface area contributed by atoms with Gasteiger partial charge in [0.05, 0.1) is 5.25 Å². The van der Waals surface area contributed by atoms with Gasteiger partial charge in [0.2, 0.25) is 5.91 Å². The zero-order valence-electron chi connectivity index (χ0n) is 10.2. The second-order valence-electron chi connectivity index (χ2n) is 3.96.